The van der Waals surface area contributed by atoms with E-state index in [9.17, 15) is 9.46 Å². The molecule has 8 nitrogen and oxygen atoms in total. The first kappa shape index (κ1) is 36.5. The Morgan fingerprint density at radius 2 is 1.36 bits per heavy atom. The Labute approximate surface area is 243 Å². The minimum Gasteiger partial charge on any atom is -0.756 e. The monoisotopic (exact) mass is 592 g/mol. The molecule has 0 aliphatic rings. The van der Waals surface area contributed by atoms with Gasteiger partial charge in [0.05, 0.1) is 34.4 Å². The number of hydrogen-bond donors (Lipinski definition) is 0. The van der Waals surface area contributed by atoms with E-state index < -0.39 is 13.9 Å². The maximum absolute atomic E-state index is 12.1. The molecule has 1 aromatic heterocycles. The fourth-order valence-corrected chi connectivity index (χ4v) is 5.41. The predicted molar refractivity (Wildman–Crippen MR) is 159 cm³/mol. The van der Waals surface area contributed by atoms with E-state index in [-0.39, 0.29) is 19.8 Å². The lowest BCUT2D eigenvalue weighted by molar-refractivity contribution is -0.870. The molecule has 0 aliphatic heterocycles. The fourth-order valence-electron chi connectivity index (χ4n) is 4.13. The Hall–Kier alpha value is -0.540. The second-order valence-electron chi connectivity index (χ2n) is 11.5. The maximum Gasteiger partial charge on any atom is 0.273 e. The lowest BCUT2D eigenvalue weighted by atomic mass is 10.0. The van der Waals surface area contributed by atoms with E-state index in [1.165, 1.54) is 101 Å². The number of ether oxygens (including phenoxy) is 2. The van der Waals surface area contributed by atoms with Gasteiger partial charge >= 0.3 is 0 Å². The van der Waals surface area contributed by atoms with Crippen molar-refractivity contribution in [2.24, 2.45) is 0 Å². The van der Waals surface area contributed by atoms with Crippen LogP contribution in [0.1, 0.15) is 110 Å². The van der Waals surface area contributed by atoms with Crippen molar-refractivity contribution in [2.75, 3.05) is 54.1 Å². The largest absolute Gasteiger partial charge is 0.756 e. The van der Waals surface area contributed by atoms with Crippen molar-refractivity contribution in [2.45, 2.75) is 116 Å². The number of phosphoric acid groups is 1. The number of quaternary nitrogens is 1. The van der Waals surface area contributed by atoms with Gasteiger partial charge in [-0.3, -0.25) is 4.57 Å². The van der Waals surface area contributed by atoms with Gasteiger partial charge in [0.25, 0.3) is 13.0 Å². The van der Waals surface area contributed by atoms with Gasteiger partial charge in [0.2, 0.25) is 0 Å². The van der Waals surface area contributed by atoms with E-state index in [1.807, 2.05) is 21.1 Å². The highest BCUT2D eigenvalue weighted by atomic mass is 32.1. The van der Waals surface area contributed by atoms with Crippen molar-refractivity contribution < 1.29 is 32.5 Å². The average molecular weight is 593 g/mol. The third-order valence-electron chi connectivity index (χ3n) is 6.55. The molecule has 2 unspecified atom stereocenters. The molecule has 0 spiro atoms. The van der Waals surface area contributed by atoms with Gasteiger partial charge in [0, 0.05) is 18.2 Å². The van der Waals surface area contributed by atoms with E-state index >= 15 is 0 Å². The molecule has 0 saturated carbocycles. The number of unbranched alkanes of at least 4 members (excludes halogenated alkanes) is 15. The molecule has 230 valence electrons. The van der Waals surface area contributed by atoms with Crippen molar-refractivity contribution in [3.05, 3.63) is 11.6 Å². The SMILES string of the molecule is CCCCCCCCCCCCCCCCCCOCC(COP(=O)([O-])OCC[N+](C)(C)C)Oc1nccs1. The van der Waals surface area contributed by atoms with E-state index in [0.29, 0.717) is 22.8 Å². The zero-order valence-corrected chi connectivity index (χ0v) is 27.0. The van der Waals surface area contributed by atoms with Crippen molar-refractivity contribution >= 4 is 19.2 Å². The third kappa shape index (κ3) is 23.8. The number of phosphoric ester groups is 1. The van der Waals surface area contributed by atoms with Crippen LogP contribution in [0.4, 0.5) is 0 Å². The second-order valence-corrected chi connectivity index (χ2v) is 13.8. The summed E-state index contributed by atoms with van der Waals surface area (Å²) in [5.74, 6) is 0. The van der Waals surface area contributed by atoms with Gasteiger partial charge in [-0.25, -0.2) is 4.98 Å². The van der Waals surface area contributed by atoms with Crippen molar-refractivity contribution in [1.29, 1.82) is 0 Å². The zero-order chi connectivity index (χ0) is 28.7. The van der Waals surface area contributed by atoms with Gasteiger partial charge < -0.3 is 27.9 Å². The van der Waals surface area contributed by atoms with Crippen LogP contribution >= 0.6 is 19.2 Å². The second kappa shape index (κ2) is 23.1. The molecule has 0 fully saturated rings. The fraction of sp³-hybridized carbons (Fsp3) is 0.897. The molecular formula is C29H57N2O6PS. The average Bonchev–Trinajstić information content (AvgIpc) is 3.38. The quantitative estimate of drug-likeness (QED) is 0.0570. The molecule has 2 atom stereocenters. The molecule has 0 N–H and O–H groups in total. The van der Waals surface area contributed by atoms with Crippen LogP contribution in [0.2, 0.25) is 0 Å². The Balaban J connectivity index is 2.07. The summed E-state index contributed by atoms with van der Waals surface area (Å²) in [4.78, 5) is 16.2. The first-order chi connectivity index (χ1) is 18.7. The normalized spacial score (nSPS) is 14.4. The number of likely N-dealkylation sites (N-methyl/N-ethyl adjacent to an activating group) is 1. The van der Waals surface area contributed by atoms with Crippen LogP contribution in [-0.4, -0.2) is 69.7 Å². The Kier molecular flexibility index (Phi) is 21.6. The number of aromatic nitrogens is 1. The summed E-state index contributed by atoms with van der Waals surface area (Å²) in [5.41, 5.74) is 0. The summed E-state index contributed by atoms with van der Waals surface area (Å²) in [7, 11) is 1.49. The van der Waals surface area contributed by atoms with Crippen LogP contribution in [-0.2, 0) is 18.3 Å². The van der Waals surface area contributed by atoms with Crippen LogP contribution in [0.3, 0.4) is 0 Å². The van der Waals surface area contributed by atoms with Crippen LogP contribution in [0, 0.1) is 0 Å². The first-order valence-electron chi connectivity index (χ1n) is 15.3. The van der Waals surface area contributed by atoms with Crippen LogP contribution in [0.15, 0.2) is 11.6 Å². The lowest BCUT2D eigenvalue weighted by Gasteiger charge is -2.28. The van der Waals surface area contributed by atoms with Gasteiger partial charge in [-0.15, -0.1) is 0 Å². The third-order valence-corrected chi connectivity index (χ3v) is 8.18. The highest BCUT2D eigenvalue weighted by Gasteiger charge is 2.19. The summed E-state index contributed by atoms with van der Waals surface area (Å²) in [6.45, 7) is 3.57. The van der Waals surface area contributed by atoms with Gasteiger partial charge in [-0.05, 0) is 6.42 Å². The van der Waals surface area contributed by atoms with Crippen LogP contribution < -0.4 is 9.63 Å². The standard InChI is InChI=1S/C29H57N2O6PS/c1-5-6-7-8-9-10-11-12-13-14-15-16-17-18-19-20-23-34-26-28(37-29-30-21-25-39-29)27-36-38(32,33)35-24-22-31(2,3)4/h21,25,28H,5-20,22-24,26-27H2,1-4H3. The zero-order valence-electron chi connectivity index (χ0n) is 25.3. The lowest BCUT2D eigenvalue weighted by Crippen LogP contribution is -2.37. The molecule has 1 aromatic rings. The first-order valence-corrected chi connectivity index (χ1v) is 17.6. The maximum atomic E-state index is 12.1. The van der Waals surface area contributed by atoms with Crippen LogP contribution in [0.25, 0.3) is 0 Å². The summed E-state index contributed by atoms with van der Waals surface area (Å²) in [5, 5.41) is 2.26. The minimum absolute atomic E-state index is 0.0675. The summed E-state index contributed by atoms with van der Waals surface area (Å²) >= 11 is 1.34. The molecule has 39 heavy (non-hydrogen) atoms. The van der Waals surface area contributed by atoms with Gasteiger partial charge in [-0.2, -0.15) is 0 Å². The molecule has 0 aromatic carbocycles. The molecule has 0 aliphatic carbocycles. The van der Waals surface area contributed by atoms with E-state index in [0.717, 1.165) is 12.8 Å². The summed E-state index contributed by atoms with van der Waals surface area (Å²) < 4.78 is 34.4. The van der Waals surface area contributed by atoms with E-state index in [2.05, 4.69) is 11.9 Å². The van der Waals surface area contributed by atoms with E-state index in [4.69, 9.17) is 18.5 Å². The number of thiazole rings is 1. The summed E-state index contributed by atoms with van der Waals surface area (Å²) in [6.07, 6.45) is 22.4. The Bertz CT molecular complexity index is 717. The summed E-state index contributed by atoms with van der Waals surface area (Å²) in [6, 6.07) is 0. The molecule has 10 heteroatoms. The molecule has 0 amide bonds. The van der Waals surface area contributed by atoms with E-state index in [1.54, 1.807) is 11.6 Å². The molecule has 1 rings (SSSR count). The highest BCUT2D eigenvalue weighted by molar-refractivity contribution is 7.45. The van der Waals surface area contributed by atoms with Gasteiger partial charge in [0.15, 0.2) is 0 Å². The smallest absolute Gasteiger partial charge is 0.273 e. The van der Waals surface area contributed by atoms with Gasteiger partial charge in [0.1, 0.15) is 19.3 Å². The topological polar surface area (TPSA) is 89.9 Å². The number of nitrogens with zero attached hydrogens (tertiary/aromatic N) is 2. The number of hydrogen-bond acceptors (Lipinski definition) is 8. The predicted octanol–water partition coefficient (Wildman–Crippen LogP) is 7.38. The Morgan fingerprint density at radius 1 is 0.821 bits per heavy atom. The molecule has 0 bridgehead atoms. The van der Waals surface area contributed by atoms with Crippen molar-refractivity contribution in [3.8, 4) is 5.19 Å². The molecular weight excluding hydrogens is 535 g/mol. The van der Waals surface area contributed by atoms with Gasteiger partial charge in [-0.1, -0.05) is 115 Å². The molecule has 0 radical (unpaired) electrons. The van der Waals surface area contributed by atoms with Crippen molar-refractivity contribution in [3.63, 3.8) is 0 Å². The Morgan fingerprint density at radius 3 is 1.85 bits per heavy atom. The van der Waals surface area contributed by atoms with Crippen molar-refractivity contribution in [1.82, 2.24) is 4.98 Å². The highest BCUT2D eigenvalue weighted by Crippen LogP contribution is 2.38. The molecule has 0 saturated heterocycles. The number of rotatable bonds is 28. The minimum atomic E-state index is -4.41. The molecule has 1 heterocycles. The van der Waals surface area contributed by atoms with Crippen LogP contribution in [0.5, 0.6) is 5.19 Å².